The molecule has 2 aliphatic heterocycles. The number of rotatable bonds is 7. The number of benzene rings is 1. The van der Waals surface area contributed by atoms with E-state index in [2.05, 4.69) is 9.62 Å². The van der Waals surface area contributed by atoms with Crippen LogP contribution < -0.4 is 4.72 Å². The van der Waals surface area contributed by atoms with Crippen LogP contribution in [0.3, 0.4) is 0 Å². The first-order valence-corrected chi connectivity index (χ1v) is 11.1. The van der Waals surface area contributed by atoms with Crippen LogP contribution in [-0.2, 0) is 14.8 Å². The summed E-state index contributed by atoms with van der Waals surface area (Å²) in [6.45, 7) is 4.79. The van der Waals surface area contributed by atoms with Gasteiger partial charge in [0.05, 0.1) is 17.1 Å². The summed E-state index contributed by atoms with van der Waals surface area (Å²) in [6, 6.07) is 7.82. The van der Waals surface area contributed by atoms with Gasteiger partial charge in [0.15, 0.2) is 0 Å². The number of piperazine rings is 1. The van der Waals surface area contributed by atoms with Crippen molar-refractivity contribution in [1.82, 2.24) is 14.5 Å². The van der Waals surface area contributed by atoms with Crippen LogP contribution in [0, 0.1) is 11.3 Å². The van der Waals surface area contributed by atoms with E-state index >= 15 is 0 Å². The van der Waals surface area contributed by atoms with Crippen LogP contribution in [-0.4, -0.2) is 76.1 Å². The second-order valence-electron chi connectivity index (χ2n) is 7.06. The molecule has 1 aromatic carbocycles. The van der Waals surface area contributed by atoms with E-state index in [4.69, 9.17) is 10.00 Å². The summed E-state index contributed by atoms with van der Waals surface area (Å²) in [5.74, 6) is -0.0850. The number of carbonyl (C=O) groups is 1. The van der Waals surface area contributed by atoms with Crippen molar-refractivity contribution in [3.63, 3.8) is 0 Å². The maximum Gasteiger partial charge on any atom is 0.253 e. The van der Waals surface area contributed by atoms with Gasteiger partial charge >= 0.3 is 0 Å². The molecular weight excluding hydrogens is 380 g/mol. The van der Waals surface area contributed by atoms with E-state index in [9.17, 15) is 13.2 Å². The highest BCUT2D eigenvalue weighted by Crippen LogP contribution is 2.16. The average Bonchev–Trinajstić information content (AvgIpc) is 3.21. The standard InChI is InChI=1S/C19H26N4O4S/c20-8-2-9-21-28(25,26)18-6-4-16(5-7-18)19(24)23-12-10-22(11-13-23)15-17-3-1-14-27-17/h4-7,17,21H,1-3,9-15H2. The fraction of sp³-hybridized carbons (Fsp3) is 0.579. The molecule has 9 heteroatoms. The van der Waals surface area contributed by atoms with E-state index < -0.39 is 10.0 Å². The van der Waals surface area contributed by atoms with Gasteiger partial charge in [0.25, 0.3) is 5.91 Å². The molecule has 3 rings (SSSR count). The number of hydrogen-bond donors (Lipinski definition) is 1. The highest BCUT2D eigenvalue weighted by atomic mass is 32.2. The van der Waals surface area contributed by atoms with Crippen LogP contribution >= 0.6 is 0 Å². The first-order chi connectivity index (χ1) is 13.5. The van der Waals surface area contributed by atoms with Crippen LogP contribution in [0.5, 0.6) is 0 Å². The lowest BCUT2D eigenvalue weighted by Crippen LogP contribution is -2.50. The maximum absolute atomic E-state index is 12.7. The molecule has 1 atom stereocenters. The molecule has 0 bridgehead atoms. The lowest BCUT2D eigenvalue weighted by atomic mass is 10.1. The Kier molecular flexibility index (Phi) is 7.02. The largest absolute Gasteiger partial charge is 0.377 e. The van der Waals surface area contributed by atoms with Crippen molar-refractivity contribution < 1.29 is 17.9 Å². The molecule has 2 saturated heterocycles. The average molecular weight is 407 g/mol. The number of carbonyl (C=O) groups excluding carboxylic acids is 1. The van der Waals surface area contributed by atoms with Crippen molar-refractivity contribution >= 4 is 15.9 Å². The third-order valence-electron chi connectivity index (χ3n) is 5.09. The molecule has 0 aromatic heterocycles. The van der Waals surface area contributed by atoms with Gasteiger partial charge in [0.2, 0.25) is 10.0 Å². The van der Waals surface area contributed by atoms with E-state index in [-0.39, 0.29) is 23.8 Å². The lowest BCUT2D eigenvalue weighted by Gasteiger charge is -2.35. The van der Waals surface area contributed by atoms with Crippen LogP contribution in [0.1, 0.15) is 29.6 Å². The molecule has 1 N–H and O–H groups in total. The van der Waals surface area contributed by atoms with Gasteiger partial charge in [-0.05, 0) is 37.1 Å². The Hall–Kier alpha value is -1.99. The minimum absolute atomic E-state index is 0.0652. The van der Waals surface area contributed by atoms with Gasteiger partial charge < -0.3 is 9.64 Å². The van der Waals surface area contributed by atoms with Crippen molar-refractivity contribution in [3.05, 3.63) is 29.8 Å². The molecule has 0 aliphatic carbocycles. The molecule has 2 fully saturated rings. The van der Waals surface area contributed by atoms with Gasteiger partial charge in [-0.3, -0.25) is 9.69 Å². The first kappa shape index (κ1) is 20.7. The Morgan fingerprint density at radius 1 is 1.21 bits per heavy atom. The zero-order chi connectivity index (χ0) is 20.0. The number of hydrogen-bond acceptors (Lipinski definition) is 6. The van der Waals surface area contributed by atoms with Crippen molar-refractivity contribution in [3.8, 4) is 6.07 Å². The van der Waals surface area contributed by atoms with E-state index in [1.54, 1.807) is 17.0 Å². The number of nitriles is 1. The van der Waals surface area contributed by atoms with Crippen LogP contribution in [0.4, 0.5) is 0 Å². The molecular formula is C19H26N4O4S. The number of sulfonamides is 1. The van der Waals surface area contributed by atoms with E-state index in [1.807, 2.05) is 6.07 Å². The Balaban J connectivity index is 1.53. The molecule has 0 radical (unpaired) electrons. The zero-order valence-corrected chi connectivity index (χ0v) is 16.7. The van der Waals surface area contributed by atoms with Crippen molar-refractivity contribution in [2.24, 2.45) is 0 Å². The molecule has 8 nitrogen and oxygen atoms in total. The Bertz CT molecular complexity index is 805. The van der Waals surface area contributed by atoms with Crippen molar-refractivity contribution in [2.75, 3.05) is 45.9 Å². The monoisotopic (exact) mass is 406 g/mol. The highest BCUT2D eigenvalue weighted by Gasteiger charge is 2.25. The van der Waals surface area contributed by atoms with Crippen LogP contribution in [0.15, 0.2) is 29.2 Å². The second kappa shape index (κ2) is 9.47. The smallest absolute Gasteiger partial charge is 0.253 e. The fourth-order valence-corrected chi connectivity index (χ4v) is 4.53. The molecule has 28 heavy (non-hydrogen) atoms. The van der Waals surface area contributed by atoms with Gasteiger partial charge in [-0.2, -0.15) is 5.26 Å². The van der Waals surface area contributed by atoms with Crippen LogP contribution in [0.2, 0.25) is 0 Å². The summed E-state index contributed by atoms with van der Waals surface area (Å²) < 4.78 is 32.3. The maximum atomic E-state index is 12.7. The summed E-state index contributed by atoms with van der Waals surface area (Å²) in [7, 11) is -3.66. The molecule has 0 spiro atoms. The van der Waals surface area contributed by atoms with Crippen LogP contribution in [0.25, 0.3) is 0 Å². The third kappa shape index (κ3) is 5.29. The van der Waals surface area contributed by atoms with Gasteiger partial charge in [-0.1, -0.05) is 0 Å². The summed E-state index contributed by atoms with van der Waals surface area (Å²) in [6.07, 6.45) is 2.66. The predicted octanol–water partition coefficient (Wildman–Crippen LogP) is 0.815. The summed E-state index contributed by atoms with van der Waals surface area (Å²) in [4.78, 5) is 16.9. The molecule has 2 heterocycles. The normalized spacial score (nSPS) is 20.8. The van der Waals surface area contributed by atoms with Gasteiger partial charge in [0, 0.05) is 57.9 Å². The Labute approximate surface area is 166 Å². The zero-order valence-electron chi connectivity index (χ0n) is 15.8. The van der Waals surface area contributed by atoms with E-state index in [1.165, 1.54) is 12.1 Å². The topological polar surface area (TPSA) is 103 Å². The summed E-state index contributed by atoms with van der Waals surface area (Å²) in [5, 5.41) is 8.51. The Morgan fingerprint density at radius 3 is 2.54 bits per heavy atom. The van der Waals surface area contributed by atoms with Crippen molar-refractivity contribution in [2.45, 2.75) is 30.3 Å². The molecule has 2 aliphatic rings. The first-order valence-electron chi connectivity index (χ1n) is 9.59. The number of amides is 1. The van der Waals surface area contributed by atoms with Crippen molar-refractivity contribution in [1.29, 1.82) is 5.26 Å². The van der Waals surface area contributed by atoms with Gasteiger partial charge in [0.1, 0.15) is 0 Å². The quantitative estimate of drug-likeness (QED) is 0.673. The molecule has 152 valence electrons. The minimum atomic E-state index is -3.66. The molecule has 1 aromatic rings. The van der Waals surface area contributed by atoms with E-state index in [0.717, 1.165) is 39.1 Å². The summed E-state index contributed by atoms with van der Waals surface area (Å²) >= 11 is 0. The molecule has 0 saturated carbocycles. The highest BCUT2D eigenvalue weighted by molar-refractivity contribution is 7.89. The predicted molar refractivity (Wildman–Crippen MR) is 103 cm³/mol. The number of ether oxygens (including phenoxy) is 1. The second-order valence-corrected chi connectivity index (χ2v) is 8.83. The molecule has 1 amide bonds. The Morgan fingerprint density at radius 2 is 1.93 bits per heavy atom. The van der Waals surface area contributed by atoms with Gasteiger partial charge in [-0.15, -0.1) is 0 Å². The SMILES string of the molecule is N#CCCNS(=O)(=O)c1ccc(C(=O)N2CCN(CC3CCCO3)CC2)cc1. The molecule has 1 unspecified atom stereocenters. The number of nitrogens with one attached hydrogen (secondary N) is 1. The third-order valence-corrected chi connectivity index (χ3v) is 6.56. The number of nitrogens with zero attached hydrogens (tertiary/aromatic N) is 3. The minimum Gasteiger partial charge on any atom is -0.377 e. The van der Waals surface area contributed by atoms with E-state index in [0.29, 0.717) is 24.8 Å². The fourth-order valence-electron chi connectivity index (χ4n) is 3.49. The van der Waals surface area contributed by atoms with Gasteiger partial charge in [-0.25, -0.2) is 13.1 Å². The lowest BCUT2D eigenvalue weighted by molar-refractivity contribution is 0.0432. The summed E-state index contributed by atoms with van der Waals surface area (Å²) in [5.41, 5.74) is 0.476.